The average Bonchev–Trinajstić information content (AvgIpc) is 3.16. The van der Waals surface area contributed by atoms with Crippen LogP contribution in [0.5, 0.6) is 0 Å². The third kappa shape index (κ3) is 4.48. The molecule has 1 aliphatic heterocycles. The maximum atomic E-state index is 13.1. The van der Waals surface area contributed by atoms with E-state index in [0.29, 0.717) is 37.4 Å². The summed E-state index contributed by atoms with van der Waals surface area (Å²) in [4.78, 5) is 12.9. The molecule has 7 nitrogen and oxygen atoms in total. The summed E-state index contributed by atoms with van der Waals surface area (Å²) >= 11 is 0. The zero-order valence-electron chi connectivity index (χ0n) is 18.2. The minimum Gasteiger partial charge on any atom is -0.379 e. The lowest BCUT2D eigenvalue weighted by atomic mass is 10.1. The van der Waals surface area contributed by atoms with Gasteiger partial charge in [-0.3, -0.25) is 4.79 Å². The van der Waals surface area contributed by atoms with E-state index >= 15 is 0 Å². The van der Waals surface area contributed by atoms with Crippen LogP contribution in [0.3, 0.4) is 0 Å². The molecular weight excluding hydrogens is 426 g/mol. The molecule has 0 radical (unpaired) electrons. The number of amides is 1. The van der Waals surface area contributed by atoms with Gasteiger partial charge in [-0.05, 0) is 61.9 Å². The molecule has 0 saturated carbocycles. The Balaban J connectivity index is 1.48. The molecule has 32 heavy (non-hydrogen) atoms. The predicted molar refractivity (Wildman–Crippen MR) is 122 cm³/mol. The molecule has 3 aromatic rings. The van der Waals surface area contributed by atoms with Crippen LogP contribution in [-0.4, -0.2) is 49.5 Å². The summed E-state index contributed by atoms with van der Waals surface area (Å²) in [7, 11) is -3.64. The molecule has 0 aliphatic carbocycles. The summed E-state index contributed by atoms with van der Waals surface area (Å²) in [5.74, 6) is -0.254. The van der Waals surface area contributed by atoms with Crippen molar-refractivity contribution in [3.05, 3.63) is 83.2 Å². The first-order valence-corrected chi connectivity index (χ1v) is 12.0. The van der Waals surface area contributed by atoms with Crippen LogP contribution in [0.25, 0.3) is 5.69 Å². The quantitative estimate of drug-likeness (QED) is 0.622. The number of nitrogens with one attached hydrogen (secondary N) is 1. The lowest BCUT2D eigenvalue weighted by molar-refractivity contribution is 0.0730. The van der Waals surface area contributed by atoms with Gasteiger partial charge in [-0.2, -0.15) is 4.31 Å². The number of rotatable bonds is 6. The van der Waals surface area contributed by atoms with Gasteiger partial charge >= 0.3 is 0 Å². The van der Waals surface area contributed by atoms with Crippen LogP contribution in [0.2, 0.25) is 0 Å². The first kappa shape index (κ1) is 22.3. The number of hydrogen-bond acceptors (Lipinski definition) is 4. The molecule has 0 spiro atoms. The van der Waals surface area contributed by atoms with Crippen molar-refractivity contribution >= 4 is 15.9 Å². The van der Waals surface area contributed by atoms with E-state index in [1.54, 1.807) is 36.4 Å². The number of carbonyl (C=O) groups excluding carboxylic acids is 1. The maximum absolute atomic E-state index is 13.1. The monoisotopic (exact) mass is 453 g/mol. The number of sulfonamides is 1. The third-order valence-electron chi connectivity index (χ3n) is 5.66. The second-order valence-electron chi connectivity index (χ2n) is 7.81. The van der Waals surface area contributed by atoms with Crippen molar-refractivity contribution in [3.63, 3.8) is 0 Å². The highest BCUT2D eigenvalue weighted by atomic mass is 32.2. The number of nitrogens with zero attached hydrogens (tertiary/aromatic N) is 2. The summed E-state index contributed by atoms with van der Waals surface area (Å²) in [5, 5.41) is 2.85. The minimum atomic E-state index is -3.64. The Labute approximate surface area is 188 Å². The highest BCUT2D eigenvalue weighted by molar-refractivity contribution is 7.89. The molecule has 1 N–H and O–H groups in total. The van der Waals surface area contributed by atoms with Gasteiger partial charge in [0.15, 0.2) is 0 Å². The molecule has 4 rings (SSSR count). The second kappa shape index (κ2) is 9.28. The Hall–Kier alpha value is -2.94. The van der Waals surface area contributed by atoms with E-state index in [2.05, 4.69) is 22.0 Å². The second-order valence-corrected chi connectivity index (χ2v) is 9.71. The molecule has 168 valence electrons. The summed E-state index contributed by atoms with van der Waals surface area (Å²) < 4.78 is 35.0. The van der Waals surface area contributed by atoms with Crippen molar-refractivity contribution in [1.29, 1.82) is 0 Å². The first-order valence-electron chi connectivity index (χ1n) is 10.6. The Morgan fingerprint density at radius 2 is 1.56 bits per heavy atom. The highest BCUT2D eigenvalue weighted by Gasteiger charge is 2.28. The number of morpholine rings is 1. The van der Waals surface area contributed by atoms with E-state index in [-0.39, 0.29) is 17.3 Å². The SMILES string of the molecule is Cc1ccc(C)n1-c1ccc(C(=O)NCc2ccccc2S(=O)(=O)N2CCOCC2)cc1. The number of hydrogen-bond donors (Lipinski definition) is 1. The van der Waals surface area contributed by atoms with Crippen LogP contribution < -0.4 is 5.32 Å². The van der Waals surface area contributed by atoms with E-state index in [1.807, 2.05) is 26.0 Å². The van der Waals surface area contributed by atoms with Gasteiger partial charge in [-0.15, -0.1) is 0 Å². The molecular formula is C24H27N3O4S. The fraction of sp³-hybridized carbons (Fsp3) is 0.292. The summed E-state index contributed by atoms with van der Waals surface area (Å²) in [6.07, 6.45) is 0. The summed E-state index contributed by atoms with van der Waals surface area (Å²) in [6, 6.07) is 18.3. The Kier molecular flexibility index (Phi) is 6.45. The van der Waals surface area contributed by atoms with Gasteiger partial charge in [0, 0.05) is 42.3 Å². The molecule has 1 aromatic heterocycles. The van der Waals surface area contributed by atoms with Crippen molar-refractivity contribution < 1.29 is 17.9 Å². The maximum Gasteiger partial charge on any atom is 0.251 e. The van der Waals surface area contributed by atoms with Gasteiger partial charge in [0.25, 0.3) is 5.91 Å². The Morgan fingerprint density at radius 3 is 2.22 bits per heavy atom. The molecule has 1 amide bonds. The van der Waals surface area contributed by atoms with Crippen LogP contribution in [-0.2, 0) is 21.3 Å². The van der Waals surface area contributed by atoms with Crippen LogP contribution in [0, 0.1) is 13.8 Å². The zero-order valence-corrected chi connectivity index (χ0v) is 19.1. The summed E-state index contributed by atoms with van der Waals surface area (Å²) in [5.41, 5.74) is 4.31. The lowest BCUT2D eigenvalue weighted by Crippen LogP contribution is -2.41. The largest absolute Gasteiger partial charge is 0.379 e. The Morgan fingerprint density at radius 1 is 0.938 bits per heavy atom. The molecule has 0 atom stereocenters. The number of aryl methyl sites for hydroxylation is 2. The van der Waals surface area contributed by atoms with Gasteiger partial charge in [-0.25, -0.2) is 8.42 Å². The van der Waals surface area contributed by atoms with Crippen LogP contribution in [0.15, 0.2) is 65.6 Å². The van der Waals surface area contributed by atoms with E-state index in [0.717, 1.165) is 17.1 Å². The minimum absolute atomic E-state index is 0.121. The van der Waals surface area contributed by atoms with Crippen molar-refractivity contribution in [2.24, 2.45) is 0 Å². The van der Waals surface area contributed by atoms with Crippen LogP contribution >= 0.6 is 0 Å². The van der Waals surface area contributed by atoms with Crippen molar-refractivity contribution in [3.8, 4) is 5.69 Å². The average molecular weight is 454 g/mol. The molecule has 1 aliphatic rings. The molecule has 2 heterocycles. The normalized spacial score (nSPS) is 14.9. The summed E-state index contributed by atoms with van der Waals surface area (Å²) in [6.45, 7) is 5.63. The van der Waals surface area contributed by atoms with Crippen LogP contribution in [0.1, 0.15) is 27.3 Å². The number of aromatic nitrogens is 1. The topological polar surface area (TPSA) is 80.6 Å². The van der Waals surface area contributed by atoms with Crippen LogP contribution in [0.4, 0.5) is 0 Å². The predicted octanol–water partition coefficient (Wildman–Crippen LogP) is 3.05. The Bertz CT molecular complexity index is 1190. The number of ether oxygens (including phenoxy) is 1. The van der Waals surface area contributed by atoms with E-state index in [9.17, 15) is 13.2 Å². The lowest BCUT2D eigenvalue weighted by Gasteiger charge is -2.27. The molecule has 2 aromatic carbocycles. The molecule has 0 unspecified atom stereocenters. The van der Waals surface area contributed by atoms with Crippen molar-refractivity contribution in [2.75, 3.05) is 26.3 Å². The van der Waals surface area contributed by atoms with Crippen molar-refractivity contribution in [1.82, 2.24) is 14.2 Å². The molecule has 8 heteroatoms. The fourth-order valence-corrected chi connectivity index (χ4v) is 5.57. The number of carbonyl (C=O) groups is 1. The smallest absolute Gasteiger partial charge is 0.251 e. The molecule has 1 saturated heterocycles. The van der Waals surface area contributed by atoms with E-state index < -0.39 is 10.0 Å². The third-order valence-corrected chi connectivity index (χ3v) is 7.66. The van der Waals surface area contributed by atoms with Gasteiger partial charge in [-0.1, -0.05) is 18.2 Å². The molecule has 0 bridgehead atoms. The standard InChI is InChI=1S/C24H27N3O4S/c1-18-7-8-19(2)27(18)22-11-9-20(10-12-22)24(28)25-17-21-5-3-4-6-23(21)32(29,30)26-13-15-31-16-14-26/h3-12H,13-17H2,1-2H3,(H,25,28). The van der Waals surface area contributed by atoms with E-state index in [4.69, 9.17) is 4.74 Å². The van der Waals surface area contributed by atoms with Gasteiger partial charge in [0.05, 0.1) is 18.1 Å². The van der Waals surface area contributed by atoms with Gasteiger partial charge in [0.2, 0.25) is 10.0 Å². The number of benzene rings is 2. The zero-order chi connectivity index (χ0) is 22.7. The first-order chi connectivity index (χ1) is 15.4. The highest BCUT2D eigenvalue weighted by Crippen LogP contribution is 2.22. The van der Waals surface area contributed by atoms with E-state index in [1.165, 1.54) is 4.31 Å². The van der Waals surface area contributed by atoms with Gasteiger partial charge < -0.3 is 14.6 Å². The van der Waals surface area contributed by atoms with Crippen molar-refractivity contribution in [2.45, 2.75) is 25.3 Å². The van der Waals surface area contributed by atoms with Gasteiger partial charge in [0.1, 0.15) is 0 Å². The fourth-order valence-electron chi connectivity index (χ4n) is 3.94. The molecule has 1 fully saturated rings.